The topological polar surface area (TPSA) is 20.2 Å². The Morgan fingerprint density at radius 1 is 1.25 bits per heavy atom. The Hall–Kier alpha value is -0.0900. The predicted octanol–water partition coefficient (Wildman–Crippen LogP) is 2.93. The van der Waals surface area contributed by atoms with Gasteiger partial charge in [0.05, 0.1) is 9.53 Å². The average Bonchev–Trinajstić information content (AvgIpc) is 2.03. The first-order chi connectivity index (χ1) is 5.52. The summed E-state index contributed by atoms with van der Waals surface area (Å²) in [7, 11) is 0. The maximum atomic E-state index is 9.73. The van der Waals surface area contributed by atoms with E-state index in [1.54, 1.807) is 0 Å². The van der Waals surface area contributed by atoms with Crippen molar-refractivity contribution in [1.82, 2.24) is 0 Å². The Morgan fingerprint density at radius 2 is 1.75 bits per heavy atom. The summed E-state index contributed by atoms with van der Waals surface area (Å²) >= 11 is 2.26. The van der Waals surface area contributed by atoms with Crippen molar-refractivity contribution in [2.24, 2.45) is 0 Å². The van der Waals surface area contributed by atoms with E-state index in [9.17, 15) is 5.11 Å². The molecule has 0 saturated carbocycles. The monoisotopic (exact) mass is 276 g/mol. The van der Waals surface area contributed by atoms with Crippen LogP contribution in [0.5, 0.6) is 0 Å². The second-order valence-corrected chi connectivity index (χ2v) is 4.67. The molecule has 0 radical (unpaired) electrons. The third kappa shape index (κ3) is 2.45. The second-order valence-electron chi connectivity index (χ2n) is 3.43. The number of rotatable bonds is 2. The lowest BCUT2D eigenvalue weighted by Gasteiger charge is -2.24. The van der Waals surface area contributed by atoms with Crippen LogP contribution in [0.4, 0.5) is 0 Å². The summed E-state index contributed by atoms with van der Waals surface area (Å²) in [5.41, 5.74) is 0.521. The highest BCUT2D eigenvalue weighted by Crippen LogP contribution is 2.33. The number of hydrogen-bond donors (Lipinski definition) is 1. The molecule has 0 unspecified atom stereocenters. The maximum Gasteiger partial charge on any atom is 0.0749 e. The third-order valence-electron chi connectivity index (χ3n) is 1.71. The van der Waals surface area contributed by atoms with Gasteiger partial charge in [-0.3, -0.25) is 0 Å². The van der Waals surface area contributed by atoms with E-state index in [4.69, 9.17) is 0 Å². The summed E-state index contributed by atoms with van der Waals surface area (Å²) in [4.78, 5) is 0. The van der Waals surface area contributed by atoms with Crippen molar-refractivity contribution >= 4 is 22.6 Å². The summed E-state index contributed by atoms with van der Waals surface area (Å²) in [6.07, 6.45) is 0. The fourth-order valence-corrected chi connectivity index (χ4v) is 1.45. The van der Waals surface area contributed by atoms with Crippen LogP contribution in [0.2, 0.25) is 0 Å². The van der Waals surface area contributed by atoms with Gasteiger partial charge in [-0.1, -0.05) is 52.9 Å². The Bertz CT molecular complexity index is 238. The third-order valence-corrected chi connectivity index (χ3v) is 3.96. The standard InChI is InChI=1S/C10H13IO/c1-10(2,12)9(11)8-6-4-3-5-7-8/h3-7,9,12H,1-2H3/t9-/m1/s1. The number of benzene rings is 1. The normalized spacial score (nSPS) is 14.3. The number of aliphatic hydroxyl groups is 1. The molecule has 1 aromatic rings. The Labute approximate surface area is 86.9 Å². The van der Waals surface area contributed by atoms with Crippen molar-refractivity contribution in [1.29, 1.82) is 0 Å². The first-order valence-corrected chi connectivity index (χ1v) is 5.18. The number of halogens is 1. The summed E-state index contributed by atoms with van der Waals surface area (Å²) in [6, 6.07) is 10.0. The molecule has 0 aromatic heterocycles. The zero-order valence-corrected chi connectivity index (χ0v) is 9.45. The van der Waals surface area contributed by atoms with Crippen LogP contribution in [0.15, 0.2) is 30.3 Å². The molecule has 1 nitrogen and oxygen atoms in total. The van der Waals surface area contributed by atoms with E-state index in [1.807, 2.05) is 44.2 Å². The lowest BCUT2D eigenvalue weighted by atomic mass is 9.99. The highest BCUT2D eigenvalue weighted by atomic mass is 127. The van der Waals surface area contributed by atoms with Crippen molar-refractivity contribution in [2.45, 2.75) is 23.4 Å². The van der Waals surface area contributed by atoms with Crippen molar-refractivity contribution in [3.63, 3.8) is 0 Å². The molecule has 0 spiro atoms. The molecule has 12 heavy (non-hydrogen) atoms. The van der Waals surface area contributed by atoms with Crippen LogP contribution in [0.3, 0.4) is 0 Å². The van der Waals surface area contributed by atoms with Crippen LogP contribution in [0.1, 0.15) is 23.3 Å². The van der Waals surface area contributed by atoms with Gasteiger partial charge in [0.25, 0.3) is 0 Å². The van der Waals surface area contributed by atoms with Gasteiger partial charge in [0.15, 0.2) is 0 Å². The highest BCUT2D eigenvalue weighted by molar-refractivity contribution is 14.1. The molecule has 66 valence electrons. The Kier molecular flexibility index (Phi) is 3.12. The van der Waals surface area contributed by atoms with Crippen molar-refractivity contribution in [2.75, 3.05) is 0 Å². The minimum absolute atomic E-state index is 0.149. The van der Waals surface area contributed by atoms with Crippen LogP contribution < -0.4 is 0 Å². The van der Waals surface area contributed by atoms with E-state index in [-0.39, 0.29) is 3.92 Å². The minimum Gasteiger partial charge on any atom is -0.389 e. The molecule has 0 bridgehead atoms. The molecule has 1 aromatic carbocycles. The Balaban J connectivity index is 2.86. The summed E-state index contributed by atoms with van der Waals surface area (Å²) in [6.45, 7) is 3.66. The average molecular weight is 276 g/mol. The van der Waals surface area contributed by atoms with Gasteiger partial charge in [-0.05, 0) is 19.4 Å². The molecule has 0 aliphatic heterocycles. The first-order valence-electron chi connectivity index (χ1n) is 3.93. The van der Waals surface area contributed by atoms with Crippen LogP contribution in [-0.4, -0.2) is 10.7 Å². The number of hydrogen-bond acceptors (Lipinski definition) is 1. The van der Waals surface area contributed by atoms with Gasteiger partial charge in [-0.25, -0.2) is 0 Å². The minimum atomic E-state index is -0.651. The molecule has 1 rings (SSSR count). The zero-order chi connectivity index (χ0) is 9.19. The molecular weight excluding hydrogens is 263 g/mol. The van der Waals surface area contributed by atoms with Crippen molar-refractivity contribution in [3.8, 4) is 0 Å². The lowest BCUT2D eigenvalue weighted by Crippen LogP contribution is -2.24. The lowest BCUT2D eigenvalue weighted by molar-refractivity contribution is 0.0825. The van der Waals surface area contributed by atoms with Gasteiger partial charge in [0.1, 0.15) is 0 Å². The van der Waals surface area contributed by atoms with E-state index in [0.29, 0.717) is 0 Å². The molecular formula is C10H13IO. The number of alkyl halides is 1. The van der Waals surface area contributed by atoms with Crippen LogP contribution >= 0.6 is 22.6 Å². The van der Waals surface area contributed by atoms with Crippen LogP contribution in [0, 0.1) is 0 Å². The van der Waals surface area contributed by atoms with E-state index in [0.717, 1.165) is 0 Å². The molecule has 1 atom stereocenters. The molecule has 1 N–H and O–H groups in total. The smallest absolute Gasteiger partial charge is 0.0749 e. The van der Waals surface area contributed by atoms with Gasteiger partial charge < -0.3 is 5.11 Å². The zero-order valence-electron chi connectivity index (χ0n) is 7.29. The highest BCUT2D eigenvalue weighted by Gasteiger charge is 2.24. The summed E-state index contributed by atoms with van der Waals surface area (Å²) in [5.74, 6) is 0. The SMILES string of the molecule is CC(C)(O)[C@H](I)c1ccccc1. The molecule has 0 fully saturated rings. The molecule has 0 aliphatic rings. The van der Waals surface area contributed by atoms with Gasteiger partial charge in [0, 0.05) is 0 Å². The predicted molar refractivity (Wildman–Crippen MR) is 59.5 cm³/mol. The van der Waals surface area contributed by atoms with Crippen molar-refractivity contribution < 1.29 is 5.11 Å². The molecule has 0 amide bonds. The van der Waals surface area contributed by atoms with Gasteiger partial charge in [-0.15, -0.1) is 0 Å². The van der Waals surface area contributed by atoms with E-state index >= 15 is 0 Å². The van der Waals surface area contributed by atoms with E-state index < -0.39 is 5.60 Å². The van der Waals surface area contributed by atoms with Gasteiger partial charge in [-0.2, -0.15) is 0 Å². The largest absolute Gasteiger partial charge is 0.389 e. The van der Waals surface area contributed by atoms with E-state index in [1.165, 1.54) is 5.56 Å². The van der Waals surface area contributed by atoms with Crippen LogP contribution in [0.25, 0.3) is 0 Å². The molecule has 0 aliphatic carbocycles. The quantitative estimate of drug-likeness (QED) is 0.650. The maximum absolute atomic E-state index is 9.73. The summed E-state index contributed by atoms with van der Waals surface area (Å²) in [5, 5.41) is 9.73. The summed E-state index contributed by atoms with van der Waals surface area (Å²) < 4.78 is 0.149. The molecule has 2 heteroatoms. The molecule has 0 saturated heterocycles. The molecule has 0 heterocycles. The fraction of sp³-hybridized carbons (Fsp3) is 0.400. The first kappa shape index (κ1) is 9.99. The van der Waals surface area contributed by atoms with Gasteiger partial charge in [0.2, 0.25) is 0 Å². The van der Waals surface area contributed by atoms with E-state index in [2.05, 4.69) is 22.6 Å². The van der Waals surface area contributed by atoms with Crippen molar-refractivity contribution in [3.05, 3.63) is 35.9 Å². The second kappa shape index (κ2) is 3.75. The Morgan fingerprint density at radius 3 is 2.17 bits per heavy atom. The fourth-order valence-electron chi connectivity index (χ4n) is 1.03. The van der Waals surface area contributed by atoms with Crippen LogP contribution in [-0.2, 0) is 0 Å². The van der Waals surface area contributed by atoms with Gasteiger partial charge >= 0.3 is 0 Å².